The van der Waals surface area contributed by atoms with E-state index in [4.69, 9.17) is 4.74 Å². The normalized spacial score (nSPS) is 12.9. The number of esters is 1. The molecule has 1 aromatic rings. The van der Waals surface area contributed by atoms with Crippen LogP contribution < -0.4 is 4.74 Å². The summed E-state index contributed by atoms with van der Waals surface area (Å²) in [6.07, 6.45) is -5.23. The summed E-state index contributed by atoms with van der Waals surface area (Å²) in [6, 6.07) is 5.53. The highest BCUT2D eigenvalue weighted by Crippen LogP contribution is 2.38. The van der Waals surface area contributed by atoms with E-state index in [-0.39, 0.29) is 5.56 Å². The number of alkyl halides is 3. The minimum absolute atomic E-state index is 0.0151. The van der Waals surface area contributed by atoms with Gasteiger partial charge in [-0.25, -0.2) is 0 Å². The van der Waals surface area contributed by atoms with Crippen LogP contribution in [0.25, 0.3) is 0 Å². The summed E-state index contributed by atoms with van der Waals surface area (Å²) < 4.78 is 48.2. The number of carbonyl (C=O) groups is 1. The predicted molar refractivity (Wildman–Crippen MR) is 63.0 cm³/mol. The maximum atomic E-state index is 12.9. The van der Waals surface area contributed by atoms with Crippen LogP contribution in [0.1, 0.15) is 24.8 Å². The van der Waals surface area contributed by atoms with Crippen molar-refractivity contribution >= 4 is 5.97 Å². The molecule has 6 heteroatoms. The van der Waals surface area contributed by atoms with Crippen LogP contribution >= 0.6 is 0 Å². The van der Waals surface area contributed by atoms with Crippen molar-refractivity contribution in [3.8, 4) is 5.75 Å². The van der Waals surface area contributed by atoms with Crippen LogP contribution in [0.5, 0.6) is 5.75 Å². The lowest BCUT2D eigenvalue weighted by atomic mass is 9.95. The summed E-state index contributed by atoms with van der Waals surface area (Å²) in [5.74, 6) is -2.27. The van der Waals surface area contributed by atoms with Gasteiger partial charge in [-0.3, -0.25) is 4.79 Å². The second kappa shape index (κ2) is 6.45. The zero-order valence-corrected chi connectivity index (χ0v) is 10.7. The molecule has 1 unspecified atom stereocenters. The summed E-state index contributed by atoms with van der Waals surface area (Å²) in [7, 11) is 1.06. The van der Waals surface area contributed by atoms with E-state index in [2.05, 4.69) is 4.74 Å². The van der Waals surface area contributed by atoms with Gasteiger partial charge in [0.1, 0.15) is 5.75 Å². The molecule has 1 atom stereocenters. The zero-order chi connectivity index (χ0) is 14.5. The molecule has 0 aliphatic heterocycles. The van der Waals surface area contributed by atoms with Gasteiger partial charge in [-0.15, -0.1) is 0 Å². The number of halogens is 3. The summed E-state index contributed by atoms with van der Waals surface area (Å²) in [6.45, 7) is 2.22. The molecule has 0 amide bonds. The van der Waals surface area contributed by atoms with Crippen molar-refractivity contribution in [3.05, 3.63) is 29.8 Å². The van der Waals surface area contributed by atoms with Crippen LogP contribution in [0.4, 0.5) is 13.2 Å². The molecule has 3 nitrogen and oxygen atoms in total. The molecule has 0 radical (unpaired) electrons. The van der Waals surface area contributed by atoms with Crippen LogP contribution in [-0.2, 0) is 9.53 Å². The van der Waals surface area contributed by atoms with Crippen LogP contribution in [0.2, 0.25) is 0 Å². The summed E-state index contributed by atoms with van der Waals surface area (Å²) in [4.78, 5) is 11.1. The molecule has 0 spiro atoms. The van der Waals surface area contributed by atoms with Crippen LogP contribution in [-0.4, -0.2) is 25.9 Å². The minimum Gasteiger partial charge on any atom is -0.494 e. The van der Waals surface area contributed by atoms with Gasteiger partial charge in [-0.1, -0.05) is 12.1 Å². The fourth-order valence-corrected chi connectivity index (χ4v) is 1.64. The van der Waals surface area contributed by atoms with E-state index in [9.17, 15) is 18.0 Å². The SMILES string of the molecule is CCOc1ccc(C(CC(=O)OC)C(F)(F)F)cc1. The highest BCUT2D eigenvalue weighted by atomic mass is 19.4. The first-order valence-electron chi connectivity index (χ1n) is 5.74. The lowest BCUT2D eigenvalue weighted by Gasteiger charge is -2.19. The molecule has 0 heterocycles. The van der Waals surface area contributed by atoms with Crippen LogP contribution in [0.3, 0.4) is 0 Å². The lowest BCUT2D eigenvalue weighted by molar-refractivity contribution is -0.164. The maximum absolute atomic E-state index is 12.9. The van der Waals surface area contributed by atoms with Crippen molar-refractivity contribution in [1.29, 1.82) is 0 Å². The van der Waals surface area contributed by atoms with Crippen molar-refractivity contribution in [3.63, 3.8) is 0 Å². The van der Waals surface area contributed by atoms with Crippen LogP contribution in [0, 0.1) is 0 Å². The molecular weight excluding hydrogens is 261 g/mol. The topological polar surface area (TPSA) is 35.5 Å². The molecular formula is C13H15F3O3. The van der Waals surface area contributed by atoms with E-state index in [1.807, 2.05) is 0 Å². The zero-order valence-electron chi connectivity index (χ0n) is 10.7. The van der Waals surface area contributed by atoms with E-state index in [1.165, 1.54) is 24.3 Å². The molecule has 0 fully saturated rings. The Balaban J connectivity index is 2.94. The third-order valence-corrected chi connectivity index (χ3v) is 2.59. The van der Waals surface area contributed by atoms with Crippen molar-refractivity contribution in [1.82, 2.24) is 0 Å². The summed E-state index contributed by atoms with van der Waals surface area (Å²) in [5, 5.41) is 0. The van der Waals surface area contributed by atoms with Gasteiger partial charge >= 0.3 is 12.1 Å². The second-order valence-electron chi connectivity index (χ2n) is 3.88. The Bertz CT molecular complexity index is 412. The van der Waals surface area contributed by atoms with Crippen molar-refractivity contribution < 1.29 is 27.4 Å². The maximum Gasteiger partial charge on any atom is 0.396 e. The fraction of sp³-hybridized carbons (Fsp3) is 0.462. The molecule has 0 saturated heterocycles. The Morgan fingerprint density at radius 1 is 1.26 bits per heavy atom. The highest BCUT2D eigenvalue weighted by Gasteiger charge is 2.42. The molecule has 0 aliphatic carbocycles. The highest BCUT2D eigenvalue weighted by molar-refractivity contribution is 5.70. The summed E-state index contributed by atoms with van der Waals surface area (Å²) >= 11 is 0. The monoisotopic (exact) mass is 276 g/mol. The number of methoxy groups -OCH3 is 1. The Kier molecular flexibility index (Phi) is 5.20. The third kappa shape index (κ3) is 4.46. The van der Waals surface area contributed by atoms with Crippen molar-refractivity contribution in [2.75, 3.05) is 13.7 Å². The van der Waals surface area contributed by atoms with Gasteiger partial charge in [0, 0.05) is 0 Å². The van der Waals surface area contributed by atoms with E-state index in [0.717, 1.165) is 7.11 Å². The van der Waals surface area contributed by atoms with E-state index in [0.29, 0.717) is 12.4 Å². The third-order valence-electron chi connectivity index (χ3n) is 2.59. The number of benzene rings is 1. The van der Waals surface area contributed by atoms with Gasteiger partial charge < -0.3 is 9.47 Å². The standard InChI is InChI=1S/C13H15F3O3/c1-3-19-10-6-4-9(5-7-10)11(13(14,15)16)8-12(17)18-2/h4-7,11H,3,8H2,1-2H3. The molecule has 19 heavy (non-hydrogen) atoms. The first-order chi connectivity index (χ1) is 8.88. The predicted octanol–water partition coefficient (Wildman–Crippen LogP) is 3.29. The van der Waals surface area contributed by atoms with E-state index >= 15 is 0 Å². The van der Waals surface area contributed by atoms with Crippen molar-refractivity contribution in [2.24, 2.45) is 0 Å². The number of hydrogen-bond acceptors (Lipinski definition) is 3. The number of carbonyl (C=O) groups excluding carboxylic acids is 1. The molecule has 0 N–H and O–H groups in total. The van der Waals surface area contributed by atoms with Crippen LogP contribution in [0.15, 0.2) is 24.3 Å². The lowest BCUT2D eigenvalue weighted by Crippen LogP contribution is -2.24. The molecule has 0 aromatic heterocycles. The Morgan fingerprint density at radius 3 is 2.26 bits per heavy atom. The Morgan fingerprint density at radius 2 is 1.84 bits per heavy atom. The largest absolute Gasteiger partial charge is 0.494 e. The number of rotatable bonds is 5. The van der Waals surface area contributed by atoms with E-state index in [1.54, 1.807) is 6.92 Å². The minimum atomic E-state index is -4.50. The second-order valence-corrected chi connectivity index (χ2v) is 3.88. The number of ether oxygens (including phenoxy) is 2. The Labute approximate surface area is 109 Å². The number of hydrogen-bond donors (Lipinski definition) is 0. The average Bonchev–Trinajstić information content (AvgIpc) is 2.36. The quantitative estimate of drug-likeness (QED) is 0.774. The fourth-order valence-electron chi connectivity index (χ4n) is 1.64. The molecule has 0 saturated carbocycles. The van der Waals surface area contributed by atoms with Gasteiger partial charge in [0.2, 0.25) is 0 Å². The average molecular weight is 276 g/mol. The van der Waals surface area contributed by atoms with Gasteiger partial charge in [-0.05, 0) is 24.6 Å². The molecule has 0 bridgehead atoms. The van der Waals surface area contributed by atoms with Crippen molar-refractivity contribution in [2.45, 2.75) is 25.4 Å². The molecule has 0 aliphatic rings. The first-order valence-corrected chi connectivity index (χ1v) is 5.74. The first kappa shape index (κ1) is 15.3. The van der Waals surface area contributed by atoms with E-state index < -0.39 is 24.5 Å². The molecule has 1 aromatic carbocycles. The Hall–Kier alpha value is -1.72. The molecule has 1 rings (SSSR count). The van der Waals surface area contributed by atoms with Gasteiger partial charge in [0.25, 0.3) is 0 Å². The smallest absolute Gasteiger partial charge is 0.396 e. The van der Waals surface area contributed by atoms with Gasteiger partial charge in [-0.2, -0.15) is 13.2 Å². The summed E-state index contributed by atoms with van der Waals surface area (Å²) in [5.41, 5.74) is 0.0151. The van der Waals surface area contributed by atoms with Gasteiger partial charge in [0.05, 0.1) is 26.1 Å². The molecule has 106 valence electrons. The van der Waals surface area contributed by atoms with Gasteiger partial charge in [0.15, 0.2) is 0 Å².